The van der Waals surface area contributed by atoms with Gasteiger partial charge in [-0.05, 0) is 65.8 Å². The first kappa shape index (κ1) is 17.6. The smallest absolute Gasteiger partial charge is 0.319 e. The largest absolute Gasteiger partial charge is 0.327 e. The summed E-state index contributed by atoms with van der Waals surface area (Å²) in [5, 5.41) is 15.1. The molecule has 1 aliphatic rings. The van der Waals surface area contributed by atoms with Crippen LogP contribution in [0.3, 0.4) is 0 Å². The molecule has 0 radical (unpaired) electrons. The predicted octanol–water partition coefficient (Wildman–Crippen LogP) is 3.93. The molecule has 2 N–H and O–H groups in total. The van der Waals surface area contributed by atoms with Crippen molar-refractivity contribution in [3.8, 4) is 6.07 Å². The number of amides is 2. The summed E-state index contributed by atoms with van der Waals surface area (Å²) in [5.74, 6) is 0.127. The normalized spacial score (nSPS) is 15.8. The number of urea groups is 1. The van der Waals surface area contributed by atoms with Crippen LogP contribution in [0.15, 0.2) is 36.5 Å². The molecule has 0 unspecified atom stereocenters. The highest BCUT2D eigenvalue weighted by Crippen LogP contribution is 2.36. The van der Waals surface area contributed by atoms with Gasteiger partial charge in [0.25, 0.3) is 0 Å². The van der Waals surface area contributed by atoms with Crippen molar-refractivity contribution in [1.29, 1.82) is 5.26 Å². The molecule has 1 saturated carbocycles. The lowest BCUT2D eigenvalue weighted by molar-refractivity contribution is 0.209. The van der Waals surface area contributed by atoms with Crippen LogP contribution in [0.1, 0.15) is 43.6 Å². The molecule has 1 aliphatic carbocycles. The van der Waals surface area contributed by atoms with Gasteiger partial charge in [-0.3, -0.25) is 0 Å². The van der Waals surface area contributed by atoms with Gasteiger partial charge in [0.05, 0.1) is 11.2 Å². The number of aromatic nitrogens is 2. The van der Waals surface area contributed by atoms with Gasteiger partial charge in [0.2, 0.25) is 5.82 Å². The number of halogens is 1. The maximum atomic E-state index is 12.6. The maximum Gasteiger partial charge on any atom is 0.319 e. The average molecular weight is 447 g/mol. The van der Waals surface area contributed by atoms with Crippen LogP contribution in [0.4, 0.5) is 10.5 Å². The summed E-state index contributed by atoms with van der Waals surface area (Å²) in [5.41, 5.74) is 0.890. The van der Waals surface area contributed by atoms with E-state index in [2.05, 4.69) is 43.2 Å². The first-order valence-corrected chi connectivity index (χ1v) is 9.27. The Bertz CT molecular complexity index is 794. The summed E-state index contributed by atoms with van der Waals surface area (Å²) in [4.78, 5) is 20.8. The van der Waals surface area contributed by atoms with E-state index >= 15 is 0 Å². The van der Waals surface area contributed by atoms with E-state index in [1.807, 2.05) is 30.3 Å². The summed E-state index contributed by atoms with van der Waals surface area (Å²) < 4.78 is 1.11. The fourth-order valence-electron chi connectivity index (χ4n) is 3.19. The standard InChI is InChI=1S/C18H18IN5O/c19-13-4-6-14(7-5-13)22-17(25)24-18(9-2-1-3-10-18)15-8-11-21-16(12-20)23-15/h4-8,11H,1-3,9-10H2,(H2,22,24,25). The van der Waals surface area contributed by atoms with Crippen LogP contribution >= 0.6 is 22.6 Å². The SMILES string of the molecule is N#Cc1nccc(C2(NC(=O)Nc3ccc(I)cc3)CCCCC2)n1. The van der Waals surface area contributed by atoms with Crippen molar-refractivity contribution in [3.05, 3.63) is 51.6 Å². The Labute approximate surface area is 160 Å². The van der Waals surface area contributed by atoms with E-state index in [4.69, 9.17) is 5.26 Å². The Hall–Kier alpha value is -2.21. The molecular formula is C18H18IN5O. The molecule has 25 heavy (non-hydrogen) atoms. The van der Waals surface area contributed by atoms with Gasteiger partial charge >= 0.3 is 6.03 Å². The van der Waals surface area contributed by atoms with E-state index in [0.29, 0.717) is 5.69 Å². The van der Waals surface area contributed by atoms with E-state index < -0.39 is 5.54 Å². The molecule has 0 atom stereocenters. The minimum Gasteiger partial charge on any atom is -0.327 e. The van der Waals surface area contributed by atoms with Gasteiger partial charge in [-0.2, -0.15) is 5.26 Å². The molecule has 1 aromatic carbocycles. The number of hydrogen-bond donors (Lipinski definition) is 2. The predicted molar refractivity (Wildman–Crippen MR) is 103 cm³/mol. The molecule has 0 bridgehead atoms. The number of nitrogens with one attached hydrogen (secondary N) is 2. The molecule has 2 aromatic rings. The summed E-state index contributed by atoms with van der Waals surface area (Å²) in [6.07, 6.45) is 6.34. The lowest BCUT2D eigenvalue weighted by Crippen LogP contribution is -2.49. The molecule has 0 spiro atoms. The van der Waals surface area contributed by atoms with E-state index in [1.165, 1.54) is 0 Å². The topological polar surface area (TPSA) is 90.7 Å². The van der Waals surface area contributed by atoms with Gasteiger partial charge in [-0.1, -0.05) is 19.3 Å². The number of nitriles is 1. The van der Waals surface area contributed by atoms with Crippen molar-refractivity contribution >= 4 is 34.3 Å². The van der Waals surface area contributed by atoms with Crippen LogP contribution in [0, 0.1) is 14.9 Å². The first-order chi connectivity index (χ1) is 12.1. The quantitative estimate of drug-likeness (QED) is 0.698. The minimum atomic E-state index is -0.555. The summed E-state index contributed by atoms with van der Waals surface area (Å²) in [6.45, 7) is 0. The van der Waals surface area contributed by atoms with E-state index in [0.717, 1.165) is 41.4 Å². The maximum absolute atomic E-state index is 12.6. The number of benzene rings is 1. The number of hydrogen-bond acceptors (Lipinski definition) is 4. The lowest BCUT2D eigenvalue weighted by Gasteiger charge is -2.37. The minimum absolute atomic E-state index is 0.127. The Balaban J connectivity index is 1.81. The van der Waals surface area contributed by atoms with Gasteiger partial charge in [0, 0.05) is 15.5 Å². The van der Waals surface area contributed by atoms with Crippen molar-refractivity contribution < 1.29 is 4.79 Å². The highest BCUT2D eigenvalue weighted by Gasteiger charge is 2.37. The monoisotopic (exact) mass is 447 g/mol. The first-order valence-electron chi connectivity index (χ1n) is 8.20. The second-order valence-corrected chi connectivity index (χ2v) is 7.35. The molecule has 1 aromatic heterocycles. The molecule has 0 saturated heterocycles. The summed E-state index contributed by atoms with van der Waals surface area (Å²) in [7, 11) is 0. The Morgan fingerprint density at radius 2 is 1.88 bits per heavy atom. The van der Waals surface area contributed by atoms with Crippen molar-refractivity contribution in [2.75, 3.05) is 5.32 Å². The number of carbonyl (C=O) groups is 1. The van der Waals surface area contributed by atoms with Gasteiger partial charge in [0.1, 0.15) is 6.07 Å². The van der Waals surface area contributed by atoms with Crippen molar-refractivity contribution in [3.63, 3.8) is 0 Å². The third kappa shape index (κ3) is 4.25. The number of carbonyl (C=O) groups excluding carboxylic acids is 1. The van der Waals surface area contributed by atoms with Crippen LogP contribution in [-0.4, -0.2) is 16.0 Å². The molecule has 7 heteroatoms. The zero-order valence-corrected chi connectivity index (χ0v) is 15.8. The van der Waals surface area contributed by atoms with Crippen LogP contribution < -0.4 is 10.6 Å². The van der Waals surface area contributed by atoms with Crippen LogP contribution in [0.25, 0.3) is 0 Å². The Morgan fingerprint density at radius 1 is 1.16 bits per heavy atom. The number of anilines is 1. The average Bonchev–Trinajstić information content (AvgIpc) is 2.64. The fraction of sp³-hybridized carbons (Fsp3) is 0.333. The van der Waals surface area contributed by atoms with Crippen molar-refractivity contribution in [2.24, 2.45) is 0 Å². The third-order valence-corrected chi connectivity index (χ3v) is 5.13. The third-order valence-electron chi connectivity index (χ3n) is 4.41. The van der Waals surface area contributed by atoms with E-state index in [9.17, 15) is 4.79 Å². The highest BCUT2D eigenvalue weighted by molar-refractivity contribution is 14.1. The fourth-order valence-corrected chi connectivity index (χ4v) is 3.55. The number of nitrogens with zero attached hydrogens (tertiary/aromatic N) is 3. The molecular weight excluding hydrogens is 429 g/mol. The van der Waals surface area contributed by atoms with Crippen LogP contribution in [-0.2, 0) is 5.54 Å². The molecule has 128 valence electrons. The van der Waals surface area contributed by atoms with Crippen LogP contribution in [0.2, 0.25) is 0 Å². The van der Waals surface area contributed by atoms with Crippen molar-refractivity contribution in [2.45, 2.75) is 37.6 Å². The summed E-state index contributed by atoms with van der Waals surface area (Å²) in [6, 6.07) is 11.1. The lowest BCUT2D eigenvalue weighted by atomic mass is 9.79. The van der Waals surface area contributed by atoms with Gasteiger partial charge < -0.3 is 10.6 Å². The molecule has 0 aliphatic heterocycles. The second kappa shape index (κ2) is 7.78. The molecule has 2 amide bonds. The van der Waals surface area contributed by atoms with Gasteiger partial charge in [-0.15, -0.1) is 0 Å². The van der Waals surface area contributed by atoms with Crippen molar-refractivity contribution in [1.82, 2.24) is 15.3 Å². The molecule has 1 heterocycles. The second-order valence-electron chi connectivity index (χ2n) is 6.11. The van der Waals surface area contributed by atoms with Gasteiger partial charge in [-0.25, -0.2) is 14.8 Å². The zero-order valence-electron chi connectivity index (χ0n) is 13.6. The summed E-state index contributed by atoms with van der Waals surface area (Å²) >= 11 is 2.22. The Morgan fingerprint density at radius 3 is 2.56 bits per heavy atom. The molecule has 3 rings (SSSR count). The molecule has 6 nitrogen and oxygen atoms in total. The Kier molecular flexibility index (Phi) is 5.48. The van der Waals surface area contributed by atoms with E-state index in [-0.39, 0.29) is 11.9 Å². The molecule has 1 fully saturated rings. The highest BCUT2D eigenvalue weighted by atomic mass is 127. The van der Waals surface area contributed by atoms with E-state index in [1.54, 1.807) is 12.3 Å². The number of rotatable bonds is 3. The van der Waals surface area contributed by atoms with Crippen LogP contribution in [0.5, 0.6) is 0 Å². The zero-order chi connectivity index (χ0) is 17.7. The van der Waals surface area contributed by atoms with Gasteiger partial charge in [0.15, 0.2) is 0 Å².